The number of carbonyl (C=O) groups excluding carboxylic acids is 3. The monoisotopic (exact) mass is 689 g/mol. The van der Waals surface area contributed by atoms with E-state index in [0.29, 0.717) is 23.1 Å². The molecule has 12 nitrogen and oxygen atoms in total. The molecule has 6 rings (SSSR count). The van der Waals surface area contributed by atoms with E-state index in [9.17, 15) is 27.2 Å². The average Bonchev–Trinajstić information content (AvgIpc) is 3.77. The SMILES string of the molecule is COc1ccc(Cl)c(S(=O)(=O)N2CCOC[C@H]2C(=O)N2C[C@@H]3C[C@H]2CN3C(=O)[C@@H](NC(=O)c2cc3cc(F)ccc3[nH]2)C(C)(C)C)c1. The molecule has 3 aliphatic heterocycles. The van der Waals surface area contributed by atoms with Crippen molar-refractivity contribution in [2.45, 2.75) is 56.3 Å². The molecule has 4 heterocycles. The Labute approximate surface area is 277 Å². The minimum atomic E-state index is -4.19. The van der Waals surface area contributed by atoms with Gasteiger partial charge in [0.25, 0.3) is 5.91 Å². The first-order valence-corrected chi connectivity index (χ1v) is 17.1. The lowest BCUT2D eigenvalue weighted by molar-refractivity contribution is -0.146. The number of nitrogens with one attached hydrogen (secondary N) is 2. The quantitative estimate of drug-likeness (QED) is 0.389. The predicted octanol–water partition coefficient (Wildman–Crippen LogP) is 3.01. The van der Waals surface area contributed by atoms with Crippen molar-refractivity contribution in [3.05, 3.63) is 59.0 Å². The highest BCUT2D eigenvalue weighted by molar-refractivity contribution is 7.89. The van der Waals surface area contributed by atoms with Gasteiger partial charge in [-0.3, -0.25) is 14.4 Å². The molecule has 0 radical (unpaired) electrons. The summed E-state index contributed by atoms with van der Waals surface area (Å²) >= 11 is 6.29. The molecule has 0 aliphatic carbocycles. The lowest BCUT2D eigenvalue weighted by Crippen LogP contribution is -2.62. The number of halogens is 2. The van der Waals surface area contributed by atoms with Crippen LogP contribution in [0.5, 0.6) is 5.75 Å². The first kappa shape index (κ1) is 33.2. The standard InChI is InChI=1S/C32H37ClFN5O7S/c1-32(2,3)28(36-29(40)25-12-18-11-19(34)5-8-24(18)35-25)31(42)38-16-20-13-21(38)15-37(20)30(41)26-17-46-10-9-39(26)47(43,44)27-14-22(45-4)6-7-23(27)33/h5-8,11-12,14,20-21,26,28,35H,9-10,13,15-17H2,1-4H3,(H,36,40)/t20-,21-,26-,28+/m0/s1. The van der Waals surface area contributed by atoms with Crippen LogP contribution in [0.15, 0.2) is 47.4 Å². The summed E-state index contributed by atoms with van der Waals surface area (Å²) in [5.74, 6) is -1.28. The number of H-pyrrole nitrogens is 1. The zero-order valence-corrected chi connectivity index (χ0v) is 28.0. The summed E-state index contributed by atoms with van der Waals surface area (Å²) in [6.45, 7) is 6.00. The van der Waals surface area contributed by atoms with Crippen LogP contribution in [0.1, 0.15) is 37.7 Å². The molecule has 2 aromatic carbocycles. The number of benzene rings is 2. The van der Waals surface area contributed by atoms with Gasteiger partial charge in [-0.15, -0.1) is 0 Å². The summed E-state index contributed by atoms with van der Waals surface area (Å²) < 4.78 is 53.2. The Morgan fingerprint density at radius 2 is 1.81 bits per heavy atom. The molecule has 4 atom stereocenters. The highest BCUT2D eigenvalue weighted by atomic mass is 35.5. The average molecular weight is 690 g/mol. The van der Waals surface area contributed by atoms with Gasteiger partial charge in [0.2, 0.25) is 21.8 Å². The Kier molecular flexibility index (Phi) is 8.74. The third-order valence-electron chi connectivity index (χ3n) is 9.11. The third-order valence-corrected chi connectivity index (χ3v) is 11.5. The second-order valence-electron chi connectivity index (χ2n) is 13.2. The van der Waals surface area contributed by atoms with Crippen molar-refractivity contribution >= 4 is 50.2 Å². The molecule has 252 valence electrons. The number of aromatic amines is 1. The summed E-state index contributed by atoms with van der Waals surface area (Å²) in [4.78, 5) is 47.4. The molecule has 2 N–H and O–H groups in total. The highest BCUT2D eigenvalue weighted by Gasteiger charge is 2.52. The lowest BCUT2D eigenvalue weighted by Gasteiger charge is -2.41. The Morgan fingerprint density at radius 3 is 2.49 bits per heavy atom. The zero-order chi connectivity index (χ0) is 33.8. The third kappa shape index (κ3) is 6.19. The number of nitrogens with zero attached hydrogens (tertiary/aromatic N) is 3. The molecule has 0 saturated carbocycles. The second-order valence-corrected chi connectivity index (χ2v) is 15.5. The van der Waals surface area contributed by atoms with Crippen molar-refractivity contribution in [1.29, 1.82) is 0 Å². The Hall–Kier alpha value is -3.72. The van der Waals surface area contributed by atoms with Gasteiger partial charge in [0.05, 0.1) is 37.4 Å². The number of carbonyl (C=O) groups is 3. The van der Waals surface area contributed by atoms with E-state index in [1.54, 1.807) is 28.0 Å². The topological polar surface area (TPSA) is 141 Å². The smallest absolute Gasteiger partial charge is 0.268 e. The minimum Gasteiger partial charge on any atom is -0.497 e. The molecule has 3 aromatic rings. The molecule has 0 spiro atoms. The van der Waals surface area contributed by atoms with E-state index < -0.39 is 45.2 Å². The number of hydrogen-bond acceptors (Lipinski definition) is 7. The van der Waals surface area contributed by atoms with Gasteiger partial charge in [-0.1, -0.05) is 32.4 Å². The van der Waals surface area contributed by atoms with Crippen LogP contribution in [-0.2, 0) is 24.3 Å². The molecular formula is C32H37ClFN5O7S. The summed E-state index contributed by atoms with van der Waals surface area (Å²) in [5, 5.41) is 3.43. The van der Waals surface area contributed by atoms with E-state index in [-0.39, 0.29) is 66.5 Å². The van der Waals surface area contributed by atoms with Crippen LogP contribution in [0, 0.1) is 11.2 Å². The summed E-state index contributed by atoms with van der Waals surface area (Å²) in [6.07, 6.45) is 0.526. The van der Waals surface area contributed by atoms with Gasteiger partial charge in [-0.25, -0.2) is 12.8 Å². The van der Waals surface area contributed by atoms with Crippen molar-refractivity contribution in [2.75, 3.05) is 40.0 Å². The maximum Gasteiger partial charge on any atom is 0.268 e. The number of sulfonamides is 1. The number of piperazine rings is 1. The van der Waals surface area contributed by atoms with Gasteiger partial charge in [-0.2, -0.15) is 4.31 Å². The van der Waals surface area contributed by atoms with Crippen molar-refractivity contribution < 1.29 is 36.7 Å². The number of methoxy groups -OCH3 is 1. The number of rotatable bonds is 7. The minimum absolute atomic E-state index is 0.0109. The molecule has 3 saturated heterocycles. The molecule has 15 heteroatoms. The maximum atomic E-state index is 14.0. The fourth-order valence-electron chi connectivity index (χ4n) is 6.65. The van der Waals surface area contributed by atoms with Crippen molar-refractivity contribution in [1.82, 2.24) is 24.4 Å². The summed E-state index contributed by atoms with van der Waals surface area (Å²) in [6, 6.07) is 7.40. The van der Waals surface area contributed by atoms with Crippen LogP contribution in [0.3, 0.4) is 0 Å². The number of aromatic nitrogens is 1. The first-order chi connectivity index (χ1) is 22.2. The van der Waals surface area contributed by atoms with Crippen LogP contribution in [0.2, 0.25) is 5.02 Å². The number of ether oxygens (including phenoxy) is 2. The molecule has 1 aromatic heterocycles. The number of fused-ring (bicyclic) bond motifs is 3. The van der Waals surface area contributed by atoms with Gasteiger partial charge in [-0.05, 0) is 48.2 Å². The van der Waals surface area contributed by atoms with Gasteiger partial charge in [0.1, 0.15) is 34.2 Å². The van der Waals surface area contributed by atoms with Crippen LogP contribution < -0.4 is 10.1 Å². The molecular weight excluding hydrogens is 653 g/mol. The van der Waals surface area contributed by atoms with E-state index in [2.05, 4.69) is 10.3 Å². The van der Waals surface area contributed by atoms with E-state index >= 15 is 0 Å². The van der Waals surface area contributed by atoms with Crippen molar-refractivity contribution in [3.63, 3.8) is 0 Å². The molecule has 3 fully saturated rings. The first-order valence-electron chi connectivity index (χ1n) is 15.3. The van der Waals surface area contributed by atoms with E-state index in [4.69, 9.17) is 21.1 Å². The highest BCUT2D eigenvalue weighted by Crippen LogP contribution is 2.36. The van der Waals surface area contributed by atoms with E-state index in [0.717, 1.165) is 4.31 Å². The normalized spacial score (nSPS) is 22.5. The number of likely N-dealkylation sites (tertiary alicyclic amines) is 2. The van der Waals surface area contributed by atoms with E-state index in [1.165, 1.54) is 31.4 Å². The van der Waals surface area contributed by atoms with Gasteiger partial charge in [0, 0.05) is 36.6 Å². The zero-order valence-electron chi connectivity index (χ0n) is 26.5. The lowest BCUT2D eigenvalue weighted by atomic mass is 9.85. The molecule has 47 heavy (non-hydrogen) atoms. The Morgan fingerprint density at radius 1 is 1.09 bits per heavy atom. The van der Waals surface area contributed by atoms with Crippen LogP contribution in [0.4, 0.5) is 4.39 Å². The van der Waals surface area contributed by atoms with Gasteiger partial charge >= 0.3 is 0 Å². The van der Waals surface area contributed by atoms with Crippen LogP contribution in [0.25, 0.3) is 10.9 Å². The van der Waals surface area contributed by atoms with Gasteiger partial charge < -0.3 is 29.6 Å². The predicted molar refractivity (Wildman–Crippen MR) is 171 cm³/mol. The molecule has 3 aliphatic rings. The fourth-order valence-corrected chi connectivity index (χ4v) is 8.70. The molecule has 3 amide bonds. The largest absolute Gasteiger partial charge is 0.497 e. The number of hydrogen-bond donors (Lipinski definition) is 2. The van der Waals surface area contributed by atoms with Crippen molar-refractivity contribution in [3.8, 4) is 5.75 Å². The number of morpholine rings is 1. The van der Waals surface area contributed by atoms with E-state index in [1.807, 2.05) is 20.8 Å². The Balaban J connectivity index is 1.16. The van der Waals surface area contributed by atoms with Gasteiger partial charge in [0.15, 0.2) is 0 Å². The Bertz CT molecular complexity index is 1840. The molecule has 0 unspecified atom stereocenters. The summed E-state index contributed by atoms with van der Waals surface area (Å²) in [7, 11) is -2.77. The summed E-state index contributed by atoms with van der Waals surface area (Å²) in [5.41, 5.74) is 0.146. The van der Waals surface area contributed by atoms with Crippen LogP contribution in [-0.4, -0.2) is 109 Å². The second kappa shape index (κ2) is 12.4. The van der Waals surface area contributed by atoms with Crippen molar-refractivity contribution in [2.24, 2.45) is 5.41 Å². The fraction of sp³-hybridized carbons (Fsp3) is 0.469. The maximum absolute atomic E-state index is 14.0. The van der Waals surface area contributed by atoms with Crippen LogP contribution >= 0.6 is 11.6 Å². The molecule has 2 bridgehead atoms. The number of amides is 3.